The van der Waals surface area contributed by atoms with Gasteiger partial charge in [0, 0.05) is 6.04 Å². The summed E-state index contributed by atoms with van der Waals surface area (Å²) in [4.78, 5) is 0. The Hall–Kier alpha value is -0.0400. The zero-order valence-electron chi connectivity index (χ0n) is 11.5. The number of hydrogen-bond acceptors (Lipinski definition) is 1. The summed E-state index contributed by atoms with van der Waals surface area (Å²) >= 11 is 0. The van der Waals surface area contributed by atoms with Crippen molar-refractivity contribution < 1.29 is 0 Å². The number of hydrogen-bond donors (Lipinski definition) is 1. The highest BCUT2D eigenvalue weighted by molar-refractivity contribution is 4.76. The van der Waals surface area contributed by atoms with Gasteiger partial charge in [-0.3, -0.25) is 0 Å². The Morgan fingerprint density at radius 3 is 2.20 bits per heavy atom. The molecule has 2 N–H and O–H groups in total. The fraction of sp³-hybridized carbons (Fsp3) is 1.00. The quantitative estimate of drug-likeness (QED) is 0.637. The highest BCUT2D eigenvalue weighted by atomic mass is 14.6. The van der Waals surface area contributed by atoms with E-state index >= 15 is 0 Å². The first kappa shape index (κ1) is 15.0. The molecule has 0 heterocycles. The zero-order chi connectivity index (χ0) is 11.9. The van der Waals surface area contributed by atoms with Gasteiger partial charge in [0.2, 0.25) is 0 Å². The van der Waals surface area contributed by atoms with Crippen LogP contribution >= 0.6 is 0 Å². The smallest absolute Gasteiger partial charge is 0.00390 e. The molecule has 0 aliphatic carbocycles. The fourth-order valence-corrected chi connectivity index (χ4v) is 1.97. The van der Waals surface area contributed by atoms with Crippen molar-refractivity contribution in [3.05, 3.63) is 0 Å². The van der Waals surface area contributed by atoms with Crippen LogP contribution in [0.15, 0.2) is 0 Å². The molecule has 0 aromatic carbocycles. The van der Waals surface area contributed by atoms with E-state index in [1.165, 1.54) is 38.5 Å². The first-order chi connectivity index (χ1) is 6.94. The highest BCUT2D eigenvalue weighted by Crippen LogP contribution is 2.34. The number of rotatable bonds is 8. The van der Waals surface area contributed by atoms with E-state index in [0.717, 1.165) is 5.92 Å². The van der Waals surface area contributed by atoms with Crippen LogP contribution in [0, 0.1) is 11.3 Å². The van der Waals surface area contributed by atoms with Crippen molar-refractivity contribution in [2.45, 2.75) is 79.2 Å². The van der Waals surface area contributed by atoms with Gasteiger partial charge in [0.15, 0.2) is 0 Å². The summed E-state index contributed by atoms with van der Waals surface area (Å²) in [5, 5.41) is 0. The first-order valence-electron chi connectivity index (χ1n) is 6.69. The summed E-state index contributed by atoms with van der Waals surface area (Å²) in [6.45, 7) is 11.6. The summed E-state index contributed by atoms with van der Waals surface area (Å²) in [7, 11) is 0. The minimum Gasteiger partial charge on any atom is -0.328 e. The molecule has 0 rings (SSSR count). The third kappa shape index (κ3) is 6.19. The monoisotopic (exact) mass is 213 g/mol. The van der Waals surface area contributed by atoms with Crippen LogP contribution in [0.3, 0.4) is 0 Å². The van der Waals surface area contributed by atoms with Crippen LogP contribution in [0.4, 0.5) is 0 Å². The lowest BCUT2D eigenvalue weighted by Crippen LogP contribution is -2.26. The molecule has 0 saturated carbocycles. The molecule has 0 fully saturated rings. The Morgan fingerprint density at radius 2 is 1.73 bits per heavy atom. The number of nitrogens with two attached hydrogens (primary N) is 1. The summed E-state index contributed by atoms with van der Waals surface area (Å²) in [5.41, 5.74) is 6.57. The first-order valence-corrected chi connectivity index (χ1v) is 6.69. The third-order valence-corrected chi connectivity index (χ3v) is 4.03. The van der Waals surface area contributed by atoms with Crippen molar-refractivity contribution in [2.75, 3.05) is 0 Å². The summed E-state index contributed by atoms with van der Waals surface area (Å²) in [6.07, 6.45) is 7.49. The second-order valence-electron chi connectivity index (χ2n) is 5.74. The zero-order valence-corrected chi connectivity index (χ0v) is 11.5. The van der Waals surface area contributed by atoms with Crippen LogP contribution in [0.25, 0.3) is 0 Å². The molecule has 0 amide bonds. The van der Waals surface area contributed by atoms with Gasteiger partial charge in [0.25, 0.3) is 0 Å². The fourth-order valence-electron chi connectivity index (χ4n) is 1.97. The van der Waals surface area contributed by atoms with E-state index < -0.39 is 0 Å². The summed E-state index contributed by atoms with van der Waals surface area (Å²) in [6, 6.07) is 0.424. The second kappa shape index (κ2) is 7.27. The third-order valence-electron chi connectivity index (χ3n) is 4.03. The van der Waals surface area contributed by atoms with Gasteiger partial charge in [-0.2, -0.15) is 0 Å². The van der Waals surface area contributed by atoms with E-state index in [-0.39, 0.29) is 0 Å². The van der Waals surface area contributed by atoms with Crippen molar-refractivity contribution in [1.82, 2.24) is 0 Å². The Balaban J connectivity index is 3.81. The van der Waals surface area contributed by atoms with E-state index in [2.05, 4.69) is 34.6 Å². The van der Waals surface area contributed by atoms with Gasteiger partial charge in [-0.25, -0.2) is 0 Å². The van der Waals surface area contributed by atoms with Crippen LogP contribution in [0.1, 0.15) is 73.1 Å². The van der Waals surface area contributed by atoms with Crippen molar-refractivity contribution in [3.8, 4) is 0 Å². The Bertz CT molecular complexity index is 151. The van der Waals surface area contributed by atoms with Crippen LogP contribution in [-0.4, -0.2) is 6.04 Å². The average molecular weight is 213 g/mol. The van der Waals surface area contributed by atoms with E-state index in [1.54, 1.807) is 0 Å². The Labute approximate surface area is 96.8 Å². The molecule has 92 valence electrons. The van der Waals surface area contributed by atoms with Crippen molar-refractivity contribution in [2.24, 2.45) is 17.1 Å². The van der Waals surface area contributed by atoms with E-state index in [1.807, 2.05) is 0 Å². The van der Waals surface area contributed by atoms with Gasteiger partial charge in [0.05, 0.1) is 0 Å². The Kier molecular flexibility index (Phi) is 7.25. The predicted molar refractivity (Wildman–Crippen MR) is 70.0 cm³/mol. The molecule has 2 atom stereocenters. The van der Waals surface area contributed by atoms with Gasteiger partial charge < -0.3 is 5.73 Å². The van der Waals surface area contributed by atoms with Gasteiger partial charge >= 0.3 is 0 Å². The average Bonchev–Trinajstić information content (AvgIpc) is 2.22. The van der Waals surface area contributed by atoms with Crippen LogP contribution in [-0.2, 0) is 0 Å². The lowest BCUT2D eigenvalue weighted by molar-refractivity contribution is 0.195. The molecule has 1 nitrogen and oxygen atoms in total. The number of unbranched alkanes of at least 4 members (excludes halogenated alkanes) is 1. The lowest BCUT2D eigenvalue weighted by atomic mass is 9.74. The normalized spacial score (nSPS) is 16.4. The maximum absolute atomic E-state index is 6.11. The highest BCUT2D eigenvalue weighted by Gasteiger charge is 2.24. The molecule has 0 aromatic heterocycles. The minimum absolute atomic E-state index is 0.424. The van der Waals surface area contributed by atoms with Gasteiger partial charge in [-0.05, 0) is 30.6 Å². The van der Waals surface area contributed by atoms with E-state index in [4.69, 9.17) is 5.73 Å². The molecule has 1 unspecified atom stereocenters. The maximum atomic E-state index is 6.11. The Morgan fingerprint density at radius 1 is 1.13 bits per heavy atom. The molecule has 0 bridgehead atoms. The predicted octanol–water partition coefficient (Wildman–Crippen LogP) is 4.36. The van der Waals surface area contributed by atoms with Crippen LogP contribution in [0.2, 0.25) is 0 Å². The molecular formula is C14H31N. The van der Waals surface area contributed by atoms with Crippen molar-refractivity contribution in [3.63, 3.8) is 0 Å². The van der Waals surface area contributed by atoms with Crippen molar-refractivity contribution in [1.29, 1.82) is 0 Å². The molecule has 0 aromatic rings. The molecule has 0 aliphatic heterocycles. The molecule has 1 heteroatoms. The largest absolute Gasteiger partial charge is 0.328 e. The molecule has 0 radical (unpaired) electrons. The molecule has 15 heavy (non-hydrogen) atoms. The maximum Gasteiger partial charge on any atom is 0.00390 e. The summed E-state index contributed by atoms with van der Waals surface area (Å²) in [5.74, 6) is 0.802. The molecule has 0 aliphatic rings. The van der Waals surface area contributed by atoms with E-state index in [0.29, 0.717) is 11.5 Å². The molecule has 0 saturated heterocycles. The lowest BCUT2D eigenvalue weighted by Gasteiger charge is -2.32. The van der Waals surface area contributed by atoms with Gasteiger partial charge in [-0.15, -0.1) is 0 Å². The van der Waals surface area contributed by atoms with Gasteiger partial charge in [0.1, 0.15) is 0 Å². The van der Waals surface area contributed by atoms with Crippen LogP contribution in [0.5, 0.6) is 0 Å². The summed E-state index contributed by atoms with van der Waals surface area (Å²) < 4.78 is 0. The standard InChI is InChI=1S/C14H31N/c1-6-8-9-13(15)10-11-14(4,5)12(3)7-2/h12-13H,6-11,15H2,1-5H3/t12?,13-/m1/s1. The second-order valence-corrected chi connectivity index (χ2v) is 5.74. The van der Waals surface area contributed by atoms with Gasteiger partial charge in [-0.1, -0.05) is 53.9 Å². The van der Waals surface area contributed by atoms with Crippen molar-refractivity contribution >= 4 is 0 Å². The topological polar surface area (TPSA) is 26.0 Å². The molecule has 0 spiro atoms. The van der Waals surface area contributed by atoms with Crippen LogP contribution < -0.4 is 5.73 Å². The molecular weight excluding hydrogens is 182 g/mol. The SMILES string of the molecule is CCCC[C@@H](N)CCC(C)(C)C(C)CC. The minimum atomic E-state index is 0.424. The van der Waals surface area contributed by atoms with E-state index in [9.17, 15) is 0 Å².